The van der Waals surface area contributed by atoms with E-state index in [1.807, 2.05) is 18.2 Å². The molecule has 10 rings (SSSR count). The summed E-state index contributed by atoms with van der Waals surface area (Å²) in [7, 11) is 3.23. The van der Waals surface area contributed by atoms with Crippen LogP contribution in [0.4, 0.5) is 19.1 Å². The van der Waals surface area contributed by atoms with Gasteiger partial charge in [0.2, 0.25) is 29.5 Å². The van der Waals surface area contributed by atoms with Gasteiger partial charge >= 0.3 is 5.69 Å². The predicted molar refractivity (Wildman–Crippen MR) is 220 cm³/mol. The third-order valence-electron chi connectivity index (χ3n) is 13.7. The summed E-state index contributed by atoms with van der Waals surface area (Å²) in [6.45, 7) is 4.03. The zero-order chi connectivity index (χ0) is 44.2. The van der Waals surface area contributed by atoms with E-state index < -0.39 is 46.6 Å². The van der Waals surface area contributed by atoms with Gasteiger partial charge in [-0.1, -0.05) is 11.2 Å². The lowest BCUT2D eigenvalue weighted by Crippen LogP contribution is -2.49. The normalized spacial score (nSPS) is 22.7. The molecule has 2 bridgehead atoms. The zero-order valence-corrected chi connectivity index (χ0v) is 34.9. The van der Waals surface area contributed by atoms with Crippen LogP contribution in [-0.2, 0) is 28.5 Å². The molecule has 1 atom stereocenters. The molecule has 3 N–H and O–H groups in total. The van der Waals surface area contributed by atoms with Crippen LogP contribution in [0.25, 0.3) is 22.6 Å². The number of imide groups is 1. The number of aromatic hydroxyl groups is 1. The Hall–Kier alpha value is -6.31. The highest BCUT2D eigenvalue weighted by molar-refractivity contribution is 6.00. The molecule has 332 valence electrons. The van der Waals surface area contributed by atoms with Crippen molar-refractivity contribution in [3.8, 4) is 23.2 Å². The number of hydrogen-bond donors (Lipinski definition) is 3. The largest absolute Gasteiger partial charge is 0.503 e. The molecule has 5 aliphatic rings. The number of hydrogen-bond acceptors (Lipinski definition) is 13. The molecule has 0 spiro atoms. The fourth-order valence-corrected chi connectivity index (χ4v) is 9.76. The number of anilines is 1. The molecule has 3 aliphatic carbocycles. The van der Waals surface area contributed by atoms with E-state index in [1.54, 1.807) is 17.7 Å². The van der Waals surface area contributed by atoms with Crippen molar-refractivity contribution in [3.05, 3.63) is 75.2 Å². The first kappa shape index (κ1) is 42.0. The Bertz CT molecular complexity index is 2670. The Morgan fingerprint density at radius 3 is 2.43 bits per heavy atom. The molecule has 2 aliphatic heterocycles. The molecule has 5 fully saturated rings. The van der Waals surface area contributed by atoms with Crippen molar-refractivity contribution in [2.45, 2.75) is 75.7 Å². The summed E-state index contributed by atoms with van der Waals surface area (Å²) in [5, 5.41) is 18.7. The number of nitrogens with one attached hydrogen (secondary N) is 2. The first-order valence-corrected chi connectivity index (χ1v) is 21.2. The quantitative estimate of drug-likeness (QED) is 0.120. The number of carbonyl (C=O) groups excluding carboxylic acids is 3. The number of piperidine rings is 1. The van der Waals surface area contributed by atoms with Crippen LogP contribution < -0.4 is 26.0 Å². The van der Waals surface area contributed by atoms with Gasteiger partial charge in [0.1, 0.15) is 11.7 Å². The van der Waals surface area contributed by atoms with Crippen molar-refractivity contribution in [3.63, 3.8) is 0 Å². The summed E-state index contributed by atoms with van der Waals surface area (Å²) in [6.07, 6.45) is 6.50. The molecule has 3 amide bonds. The smallest absolute Gasteiger partial charge is 0.329 e. The number of piperazine rings is 1. The number of aryl methyl sites for hydroxylation is 2. The summed E-state index contributed by atoms with van der Waals surface area (Å²) < 4.78 is 56.5. The van der Waals surface area contributed by atoms with Crippen LogP contribution in [0.1, 0.15) is 85.6 Å². The van der Waals surface area contributed by atoms with E-state index in [2.05, 4.69) is 30.6 Å². The zero-order valence-electron chi connectivity index (χ0n) is 34.9. The fourth-order valence-electron chi connectivity index (χ4n) is 9.76. The van der Waals surface area contributed by atoms with Gasteiger partial charge < -0.3 is 24.6 Å². The highest BCUT2D eigenvalue weighted by Gasteiger charge is 2.51. The number of amides is 3. The van der Waals surface area contributed by atoms with Crippen LogP contribution in [0, 0.1) is 22.9 Å². The minimum atomic E-state index is -1.80. The highest BCUT2D eigenvalue weighted by Crippen LogP contribution is 2.57. The van der Waals surface area contributed by atoms with Crippen molar-refractivity contribution in [1.29, 1.82) is 0 Å². The minimum absolute atomic E-state index is 0.190. The molecule has 5 aromatic rings. The maximum atomic E-state index is 14.3. The molecule has 1 unspecified atom stereocenters. The van der Waals surface area contributed by atoms with Crippen LogP contribution >= 0.6 is 0 Å². The topological polar surface area (TPSA) is 203 Å². The second-order valence-electron chi connectivity index (χ2n) is 17.3. The van der Waals surface area contributed by atoms with Crippen LogP contribution in [0.15, 0.2) is 39.6 Å². The van der Waals surface area contributed by atoms with E-state index >= 15 is 0 Å². The molecule has 5 heterocycles. The summed E-state index contributed by atoms with van der Waals surface area (Å²) >= 11 is 0. The molecule has 63 heavy (non-hydrogen) atoms. The van der Waals surface area contributed by atoms with E-state index in [9.17, 15) is 37.5 Å². The Balaban J connectivity index is 0.789. The van der Waals surface area contributed by atoms with Gasteiger partial charge in [-0.05, 0) is 93.5 Å². The third kappa shape index (κ3) is 7.78. The second-order valence-corrected chi connectivity index (χ2v) is 17.3. The molecule has 20 heteroatoms. The first-order chi connectivity index (χ1) is 30.3. The number of rotatable bonds is 12. The number of phenols is 1. The van der Waals surface area contributed by atoms with Gasteiger partial charge in [0.25, 0.3) is 11.8 Å². The van der Waals surface area contributed by atoms with Crippen molar-refractivity contribution >= 4 is 34.7 Å². The van der Waals surface area contributed by atoms with E-state index in [0.717, 1.165) is 82.1 Å². The standard InChI is InChI=1S/C43H47F3N10O7/c1-53-30-20-24(5-6-28(30)56(41(53)61)29-7-8-31(57)49-37(29)60)4-3-15-54-16-18-55(19-17-54)40-48-27(22-32(50-40)62-2)38-51-39(52-63-38)43-12-9-42(10-13-43,11-14-43)23-47-36(59)25-21-26(44)35(58)34(46)33(25)45/h5-6,20-22,29,58H,3-4,7-19,23H2,1-2H3,(H,47,59)(H,49,57,60)/t29?,42-,43+. The van der Waals surface area contributed by atoms with Crippen LogP contribution in [-0.4, -0.2) is 103 Å². The minimum Gasteiger partial charge on any atom is -0.503 e. The van der Waals surface area contributed by atoms with Crippen LogP contribution in [0.3, 0.4) is 0 Å². The highest BCUT2D eigenvalue weighted by atomic mass is 19.2. The molecule has 0 radical (unpaired) electrons. The van der Waals surface area contributed by atoms with Crippen molar-refractivity contribution in [2.24, 2.45) is 12.5 Å². The lowest BCUT2D eigenvalue weighted by Gasteiger charge is -2.52. The Kier molecular flexibility index (Phi) is 11.0. The molecule has 3 aromatic heterocycles. The molecular formula is C43H47F3N10O7. The molecule has 17 nitrogen and oxygen atoms in total. The number of carbonyl (C=O) groups is 3. The van der Waals surface area contributed by atoms with Crippen LogP contribution in [0.2, 0.25) is 0 Å². The number of benzene rings is 2. The number of methoxy groups -OCH3 is 1. The summed E-state index contributed by atoms with van der Waals surface area (Å²) in [5.74, 6) is -6.34. The average Bonchev–Trinajstić information content (AvgIpc) is 3.90. The summed E-state index contributed by atoms with van der Waals surface area (Å²) in [4.78, 5) is 68.9. The molecule has 2 aromatic carbocycles. The van der Waals surface area contributed by atoms with E-state index in [1.165, 1.54) is 11.7 Å². The lowest BCUT2D eigenvalue weighted by atomic mass is 9.53. The van der Waals surface area contributed by atoms with Gasteiger partial charge in [-0.2, -0.15) is 14.4 Å². The summed E-state index contributed by atoms with van der Waals surface area (Å²) in [6, 6.07) is 7.32. The van der Waals surface area contributed by atoms with E-state index in [-0.39, 0.29) is 47.7 Å². The second kappa shape index (κ2) is 16.4. The maximum absolute atomic E-state index is 14.3. The number of imidazole rings is 1. The SMILES string of the molecule is COc1cc(-c2nc([C@]34CC[C@](CNC(=O)c5cc(F)c(O)c(F)c5F)(CC3)CC4)no2)nc(N2CCN(CCCc3ccc4c(c3)n(C)c(=O)n4C3CCC(=O)NC3=O)CC2)n1. The number of ether oxygens (including phenoxy) is 1. The van der Waals surface area contributed by atoms with E-state index in [0.29, 0.717) is 48.0 Å². The Labute approximate surface area is 358 Å². The monoisotopic (exact) mass is 872 g/mol. The third-order valence-corrected chi connectivity index (χ3v) is 13.7. The van der Waals surface area contributed by atoms with Gasteiger partial charge in [-0.3, -0.25) is 33.7 Å². The number of aromatic nitrogens is 6. The van der Waals surface area contributed by atoms with Crippen LogP contribution in [0.5, 0.6) is 11.6 Å². The number of fused-ring (bicyclic) bond motifs is 4. The van der Waals surface area contributed by atoms with Crippen molar-refractivity contribution in [2.75, 3.05) is 51.3 Å². The van der Waals surface area contributed by atoms with Crippen molar-refractivity contribution < 1.29 is 41.9 Å². The van der Waals surface area contributed by atoms with Gasteiger partial charge in [0.15, 0.2) is 23.2 Å². The first-order valence-electron chi connectivity index (χ1n) is 21.2. The lowest BCUT2D eigenvalue weighted by molar-refractivity contribution is -0.135. The number of nitrogens with zero attached hydrogens (tertiary/aromatic N) is 8. The van der Waals surface area contributed by atoms with Gasteiger partial charge in [0, 0.05) is 57.7 Å². The van der Waals surface area contributed by atoms with Gasteiger partial charge in [0.05, 0.1) is 23.7 Å². The van der Waals surface area contributed by atoms with Gasteiger partial charge in [-0.15, -0.1) is 0 Å². The van der Waals surface area contributed by atoms with Crippen molar-refractivity contribution in [1.82, 2.24) is 44.8 Å². The van der Waals surface area contributed by atoms with Gasteiger partial charge in [-0.25, -0.2) is 18.6 Å². The maximum Gasteiger partial charge on any atom is 0.329 e. The average molecular weight is 873 g/mol. The predicted octanol–water partition coefficient (Wildman–Crippen LogP) is 4.07. The number of phenolic OH excluding ortho intramolecular Hbond substituents is 1. The number of halogens is 3. The summed E-state index contributed by atoms with van der Waals surface area (Å²) in [5.41, 5.74) is 1.23. The molecule has 3 saturated carbocycles. The fraction of sp³-hybridized carbons (Fsp3) is 0.488. The molecule has 2 saturated heterocycles. The molecular weight excluding hydrogens is 826 g/mol. The van der Waals surface area contributed by atoms with E-state index in [4.69, 9.17) is 19.2 Å². The Morgan fingerprint density at radius 2 is 1.71 bits per heavy atom. The Morgan fingerprint density at radius 1 is 0.968 bits per heavy atom.